The van der Waals surface area contributed by atoms with E-state index < -0.39 is 0 Å². The number of allylic oxidation sites excluding steroid dienone is 4. The van der Waals surface area contributed by atoms with Crippen LogP contribution in [0.3, 0.4) is 0 Å². The van der Waals surface area contributed by atoms with Crippen LogP contribution < -0.4 is 24.8 Å². The number of fused-ring (bicyclic) bond motifs is 3. The van der Waals surface area contributed by atoms with E-state index in [9.17, 15) is 0 Å². The molecule has 0 N–H and O–H groups in total. The van der Waals surface area contributed by atoms with Crippen molar-refractivity contribution in [2.75, 3.05) is 0 Å². The molecule has 0 fully saturated rings. The van der Waals surface area contributed by atoms with Crippen molar-refractivity contribution in [3.63, 3.8) is 0 Å². The van der Waals surface area contributed by atoms with Crippen molar-refractivity contribution in [3.05, 3.63) is 168 Å². The number of hydrogen-bond donors (Lipinski definition) is 0. The maximum Gasteiger partial charge on any atom is -0.0181 e. The summed E-state index contributed by atoms with van der Waals surface area (Å²) in [6.45, 7) is 2.12. The molecule has 5 aromatic carbocycles. The zero-order valence-electron chi connectivity index (χ0n) is 22.9. The average molecular weight is 605 g/mol. The largest absolute Gasteiger partial charge is 1.00 e. The Morgan fingerprint density at radius 2 is 1.27 bits per heavy atom. The van der Waals surface area contributed by atoms with Crippen molar-refractivity contribution >= 4 is 3.81 Å². The van der Waals surface area contributed by atoms with E-state index in [4.69, 9.17) is 0 Å². The summed E-state index contributed by atoms with van der Waals surface area (Å²) in [5, 5.41) is 0. The van der Waals surface area contributed by atoms with Crippen molar-refractivity contribution in [1.82, 2.24) is 0 Å². The van der Waals surface area contributed by atoms with Crippen molar-refractivity contribution in [3.8, 4) is 33.4 Å². The number of hydrogen-bond acceptors (Lipinski definition) is 0. The quantitative estimate of drug-likeness (QED) is 0.214. The second-order valence-electron chi connectivity index (χ2n) is 9.54. The van der Waals surface area contributed by atoms with Gasteiger partial charge in [-0.25, -0.2) is 12.2 Å². The van der Waals surface area contributed by atoms with Gasteiger partial charge in [-0.2, -0.15) is 6.08 Å². The monoisotopic (exact) mass is 604 g/mol. The van der Waals surface area contributed by atoms with Crippen LogP contribution in [0.1, 0.15) is 30.0 Å². The summed E-state index contributed by atoms with van der Waals surface area (Å²) in [4.78, 5) is 0. The predicted molar refractivity (Wildman–Crippen MR) is 162 cm³/mol. The fourth-order valence-electron chi connectivity index (χ4n) is 4.75. The zero-order chi connectivity index (χ0) is 26.9. The van der Waals surface area contributed by atoms with Gasteiger partial charge in [0.2, 0.25) is 0 Å². The molecule has 0 heterocycles. The Hall–Kier alpha value is -3.26. The van der Waals surface area contributed by atoms with E-state index >= 15 is 0 Å². The first-order chi connectivity index (χ1) is 19.2. The minimum absolute atomic E-state index is 0. The molecule has 41 heavy (non-hydrogen) atoms. The Kier molecular flexibility index (Phi) is 12.8. The molecule has 7 rings (SSSR count). The van der Waals surface area contributed by atoms with Crippen LogP contribution in [0.15, 0.2) is 140 Å². The molecule has 0 bridgehead atoms. The molecule has 0 radical (unpaired) electrons. The summed E-state index contributed by atoms with van der Waals surface area (Å²) in [5.74, 6) is 0. The van der Waals surface area contributed by atoms with Crippen LogP contribution >= 0.6 is 0 Å². The topological polar surface area (TPSA) is 0 Å². The van der Waals surface area contributed by atoms with Gasteiger partial charge in [0.25, 0.3) is 0 Å². The summed E-state index contributed by atoms with van der Waals surface area (Å²) in [5.41, 5.74) is 11.7. The SMILES string of the molecule is C[C](=[Ti+2])c1ccccc1.[C-]1=CC=CC1.[Cl-].[Cl-].[c-]1c(-c2ccccc2)ccc2c1Cc1cc(-c3ccccc3)ccc1-2. The first kappa shape index (κ1) is 32.3. The summed E-state index contributed by atoms with van der Waals surface area (Å²) >= 11 is 2.12. The third-order valence-electron chi connectivity index (χ3n) is 6.77. The van der Waals surface area contributed by atoms with Gasteiger partial charge in [-0.05, 0) is 23.1 Å². The van der Waals surface area contributed by atoms with E-state index in [-0.39, 0.29) is 24.8 Å². The van der Waals surface area contributed by atoms with Gasteiger partial charge >= 0.3 is 66.6 Å². The average Bonchev–Trinajstić information content (AvgIpc) is 3.70. The zero-order valence-corrected chi connectivity index (χ0v) is 26.0. The fraction of sp³-hybridized carbons (Fsp3) is 0.0789. The molecule has 0 aromatic heterocycles. The standard InChI is InChI=1S/C25H17.C8H8.C5H5.2ClH.Ti/c1-3-7-18(8-4-1)20-11-13-24-22(15-20)17-23-16-21(12-14-25(23)24)19-9-5-2-6-10-19;1-2-8-6-4-3-5-7-8;1-2-4-5-3-1;;;/h1-15H,17H2;3-7H,1H3;1-3H,4H2;2*1H;/q-1;;-1;;;+2/p-2. The molecule has 5 aromatic rings. The Morgan fingerprint density at radius 1 is 0.659 bits per heavy atom. The van der Waals surface area contributed by atoms with Crippen LogP contribution in [-0.4, -0.2) is 3.81 Å². The van der Waals surface area contributed by atoms with Crippen LogP contribution in [0.4, 0.5) is 0 Å². The van der Waals surface area contributed by atoms with Crippen LogP contribution in [0.2, 0.25) is 0 Å². The molecule has 202 valence electrons. The minimum atomic E-state index is 0. The molecule has 0 nitrogen and oxygen atoms in total. The molecule has 2 aliphatic carbocycles. The molecular weight excluding hydrogens is 575 g/mol. The van der Waals surface area contributed by atoms with Crippen LogP contribution in [-0.2, 0) is 26.4 Å². The van der Waals surface area contributed by atoms with E-state index in [1.54, 1.807) is 0 Å². The predicted octanol–water partition coefficient (Wildman–Crippen LogP) is 3.48. The summed E-state index contributed by atoms with van der Waals surface area (Å²) in [6.07, 6.45) is 11.0. The molecule has 0 saturated heterocycles. The third kappa shape index (κ3) is 8.62. The number of benzene rings is 5. The van der Waals surface area contributed by atoms with E-state index in [0.29, 0.717) is 0 Å². The van der Waals surface area contributed by atoms with E-state index in [1.165, 1.54) is 53.9 Å². The van der Waals surface area contributed by atoms with Gasteiger partial charge in [0, 0.05) is 0 Å². The van der Waals surface area contributed by atoms with Gasteiger partial charge in [-0.15, -0.1) is 35.7 Å². The molecule has 0 amide bonds. The maximum absolute atomic E-state index is 3.65. The molecule has 0 atom stereocenters. The number of rotatable bonds is 3. The minimum Gasteiger partial charge on any atom is -1.00 e. The number of halogens is 2. The van der Waals surface area contributed by atoms with Crippen LogP contribution in [0, 0.1) is 12.1 Å². The second-order valence-corrected chi connectivity index (χ2v) is 10.7. The Morgan fingerprint density at radius 3 is 1.80 bits per heavy atom. The Bertz CT molecular complexity index is 1510. The molecule has 3 heteroatoms. The molecule has 0 unspecified atom stereocenters. The third-order valence-corrected chi connectivity index (χ3v) is 7.23. The molecule has 0 spiro atoms. The van der Waals surface area contributed by atoms with E-state index in [1.807, 2.05) is 18.2 Å². The van der Waals surface area contributed by atoms with Gasteiger partial charge in [0.15, 0.2) is 0 Å². The van der Waals surface area contributed by atoms with Crippen molar-refractivity contribution < 1.29 is 44.8 Å². The van der Waals surface area contributed by atoms with Gasteiger partial charge in [-0.1, -0.05) is 95.6 Å². The van der Waals surface area contributed by atoms with E-state index in [2.05, 4.69) is 160 Å². The maximum atomic E-state index is 3.65. The molecule has 0 saturated carbocycles. The van der Waals surface area contributed by atoms with E-state index in [0.717, 1.165) is 12.8 Å². The molecule has 0 aliphatic heterocycles. The summed E-state index contributed by atoms with van der Waals surface area (Å²) < 4.78 is 1.37. The molecule has 2 aliphatic rings. The van der Waals surface area contributed by atoms with Gasteiger partial charge in [0.1, 0.15) is 0 Å². The second kappa shape index (κ2) is 16.3. The summed E-state index contributed by atoms with van der Waals surface area (Å²) in [7, 11) is 0. The van der Waals surface area contributed by atoms with Crippen molar-refractivity contribution in [2.45, 2.75) is 19.8 Å². The first-order valence-electron chi connectivity index (χ1n) is 13.3. The smallest absolute Gasteiger partial charge is 0.0181 e. The normalized spacial score (nSPS) is 11.4. The Balaban J connectivity index is 0.000000240. The van der Waals surface area contributed by atoms with Crippen LogP contribution in [0.5, 0.6) is 0 Å². The van der Waals surface area contributed by atoms with Gasteiger partial charge < -0.3 is 24.8 Å². The summed E-state index contributed by atoms with van der Waals surface area (Å²) in [6, 6.07) is 46.4. The Labute approximate surface area is 268 Å². The van der Waals surface area contributed by atoms with Crippen molar-refractivity contribution in [1.29, 1.82) is 0 Å². The first-order valence-corrected chi connectivity index (χ1v) is 14.1. The van der Waals surface area contributed by atoms with Crippen LogP contribution in [0.25, 0.3) is 33.4 Å². The van der Waals surface area contributed by atoms with Gasteiger partial charge in [0.05, 0.1) is 0 Å². The fourth-order valence-corrected chi connectivity index (χ4v) is 5.01. The van der Waals surface area contributed by atoms with Crippen molar-refractivity contribution in [2.24, 2.45) is 0 Å². The van der Waals surface area contributed by atoms with Gasteiger partial charge in [-0.3, -0.25) is 6.08 Å². The molecular formula is C38H30Cl2Ti-2.